The summed E-state index contributed by atoms with van der Waals surface area (Å²) in [6.45, 7) is 6.86. The van der Waals surface area contributed by atoms with E-state index in [9.17, 15) is 26.8 Å². The topological polar surface area (TPSA) is 96.0 Å². The van der Waals surface area contributed by atoms with Crippen LogP contribution in [0.1, 0.15) is 46.5 Å². The van der Waals surface area contributed by atoms with Crippen molar-refractivity contribution < 1.29 is 31.5 Å². The molecule has 1 atom stereocenters. The number of nitrogens with one attached hydrogen (secondary N) is 1. The summed E-state index contributed by atoms with van der Waals surface area (Å²) in [5, 5.41) is 2.65. The zero-order valence-corrected chi connectivity index (χ0v) is 20.2. The van der Waals surface area contributed by atoms with E-state index in [0.29, 0.717) is 45.3 Å². The van der Waals surface area contributed by atoms with Crippen LogP contribution < -0.4 is 5.32 Å². The number of sulfone groups is 1. The number of piperidine rings is 2. The number of benzene rings is 1. The summed E-state index contributed by atoms with van der Waals surface area (Å²) in [6, 6.07) is 0.593. The van der Waals surface area contributed by atoms with Gasteiger partial charge < -0.3 is 19.9 Å². The summed E-state index contributed by atoms with van der Waals surface area (Å²) in [5.74, 6) is -2.39. The molecule has 0 unspecified atom stereocenters. The van der Waals surface area contributed by atoms with Crippen molar-refractivity contribution in [1.82, 2.24) is 9.80 Å². The molecular weight excluding hydrogens is 456 g/mol. The van der Waals surface area contributed by atoms with Gasteiger partial charge in [0.25, 0.3) is 0 Å². The molecule has 8 nitrogen and oxygen atoms in total. The van der Waals surface area contributed by atoms with Crippen molar-refractivity contribution in [2.45, 2.75) is 69.0 Å². The van der Waals surface area contributed by atoms with Crippen LogP contribution in [-0.4, -0.2) is 73.8 Å². The lowest BCUT2D eigenvalue weighted by Crippen LogP contribution is -2.55. The SMILES string of the molecule is CC(C)(C)OC(=O)N1CCC(N2CCC[C@H](Nc3c(F)cc(S(C)(=O)=O)cc3F)C2=O)CC1. The molecular formula is C22H31F2N3O5S. The quantitative estimate of drug-likeness (QED) is 0.701. The van der Waals surface area contributed by atoms with Gasteiger partial charge in [-0.15, -0.1) is 0 Å². The molecule has 2 aliphatic rings. The smallest absolute Gasteiger partial charge is 0.410 e. The Morgan fingerprint density at radius 2 is 1.67 bits per heavy atom. The number of anilines is 1. The number of ether oxygens (including phenoxy) is 1. The van der Waals surface area contributed by atoms with Crippen LogP contribution >= 0.6 is 0 Å². The van der Waals surface area contributed by atoms with Crippen LogP contribution in [0.25, 0.3) is 0 Å². The Hall–Kier alpha value is -2.43. The van der Waals surface area contributed by atoms with Gasteiger partial charge in [0.2, 0.25) is 5.91 Å². The molecule has 1 aromatic carbocycles. The Labute approximate surface area is 193 Å². The molecule has 0 radical (unpaired) electrons. The van der Waals surface area contributed by atoms with E-state index in [0.717, 1.165) is 18.4 Å². The Morgan fingerprint density at radius 1 is 1.09 bits per heavy atom. The average Bonchev–Trinajstić information content (AvgIpc) is 2.70. The molecule has 2 amide bonds. The molecule has 2 heterocycles. The molecule has 0 aromatic heterocycles. The normalized spacial score (nSPS) is 20.7. The molecule has 2 saturated heterocycles. The van der Waals surface area contributed by atoms with E-state index >= 15 is 0 Å². The van der Waals surface area contributed by atoms with Gasteiger partial charge in [0.15, 0.2) is 21.5 Å². The number of hydrogen-bond donors (Lipinski definition) is 1. The summed E-state index contributed by atoms with van der Waals surface area (Å²) in [4.78, 5) is 28.2. The molecule has 2 aliphatic heterocycles. The first-order valence-electron chi connectivity index (χ1n) is 11.0. The van der Waals surface area contributed by atoms with Gasteiger partial charge in [-0.3, -0.25) is 4.79 Å². The predicted molar refractivity (Wildman–Crippen MR) is 119 cm³/mol. The van der Waals surface area contributed by atoms with Gasteiger partial charge in [-0.1, -0.05) is 0 Å². The predicted octanol–water partition coefficient (Wildman–Crippen LogP) is 3.17. The van der Waals surface area contributed by atoms with Crippen molar-refractivity contribution in [3.8, 4) is 0 Å². The highest BCUT2D eigenvalue weighted by Crippen LogP contribution is 2.28. The standard InChI is InChI=1S/C22H31F2N3O5S/c1-22(2,3)32-21(29)26-10-7-14(8-11-26)27-9-5-6-18(20(27)28)25-19-16(23)12-15(13-17(19)24)33(4,30)31/h12-14,18,25H,5-11H2,1-4H3/t18-/m0/s1. The summed E-state index contributed by atoms with van der Waals surface area (Å²) < 4.78 is 57.5. The summed E-state index contributed by atoms with van der Waals surface area (Å²) in [6.07, 6.45) is 2.71. The Morgan fingerprint density at radius 3 is 2.18 bits per heavy atom. The molecule has 0 saturated carbocycles. The molecule has 0 bridgehead atoms. The van der Waals surface area contributed by atoms with Crippen molar-refractivity contribution in [2.75, 3.05) is 31.2 Å². The van der Waals surface area contributed by atoms with E-state index < -0.39 is 43.7 Å². The minimum absolute atomic E-state index is 0.0805. The zero-order chi connectivity index (χ0) is 24.6. The lowest BCUT2D eigenvalue weighted by Gasteiger charge is -2.42. The second kappa shape index (κ2) is 9.44. The molecule has 3 rings (SSSR count). The third-order valence-electron chi connectivity index (χ3n) is 5.79. The molecule has 1 aromatic rings. The molecule has 2 fully saturated rings. The minimum Gasteiger partial charge on any atom is -0.444 e. The number of amides is 2. The van der Waals surface area contributed by atoms with Gasteiger partial charge in [-0.05, 0) is 58.6 Å². The molecule has 184 valence electrons. The van der Waals surface area contributed by atoms with Crippen LogP contribution in [0.4, 0.5) is 19.3 Å². The van der Waals surface area contributed by atoms with E-state index in [2.05, 4.69) is 5.32 Å². The first kappa shape index (κ1) is 25.2. The average molecular weight is 488 g/mol. The molecule has 0 spiro atoms. The van der Waals surface area contributed by atoms with Crippen molar-refractivity contribution in [3.05, 3.63) is 23.8 Å². The van der Waals surface area contributed by atoms with Crippen LogP contribution in [0.2, 0.25) is 0 Å². The van der Waals surface area contributed by atoms with E-state index in [1.54, 1.807) is 30.6 Å². The Kier molecular flexibility index (Phi) is 7.21. The van der Waals surface area contributed by atoms with E-state index in [-0.39, 0.29) is 18.0 Å². The fourth-order valence-corrected chi connectivity index (χ4v) is 4.79. The largest absolute Gasteiger partial charge is 0.444 e. The number of hydrogen-bond acceptors (Lipinski definition) is 6. The van der Waals surface area contributed by atoms with Gasteiger partial charge in [-0.2, -0.15) is 0 Å². The van der Waals surface area contributed by atoms with Crippen molar-refractivity contribution >= 4 is 27.5 Å². The molecule has 33 heavy (non-hydrogen) atoms. The Bertz CT molecular complexity index is 994. The van der Waals surface area contributed by atoms with Gasteiger partial charge in [0, 0.05) is 31.9 Å². The third kappa shape index (κ3) is 6.13. The summed E-state index contributed by atoms with van der Waals surface area (Å²) >= 11 is 0. The maximum Gasteiger partial charge on any atom is 0.410 e. The molecule has 11 heteroatoms. The maximum absolute atomic E-state index is 14.5. The van der Waals surface area contributed by atoms with Crippen LogP contribution in [-0.2, 0) is 19.4 Å². The van der Waals surface area contributed by atoms with Crippen molar-refractivity contribution in [1.29, 1.82) is 0 Å². The second-order valence-electron chi connectivity index (χ2n) is 9.60. The molecule has 0 aliphatic carbocycles. The number of carbonyl (C=O) groups excluding carboxylic acids is 2. The zero-order valence-electron chi connectivity index (χ0n) is 19.4. The van der Waals surface area contributed by atoms with E-state index in [4.69, 9.17) is 4.74 Å². The van der Waals surface area contributed by atoms with Crippen LogP contribution in [0.15, 0.2) is 17.0 Å². The van der Waals surface area contributed by atoms with E-state index in [1.807, 2.05) is 0 Å². The Balaban J connectivity index is 1.65. The highest BCUT2D eigenvalue weighted by atomic mass is 32.2. The first-order chi connectivity index (χ1) is 15.3. The number of carbonyl (C=O) groups is 2. The fourth-order valence-electron chi connectivity index (χ4n) is 4.16. The second-order valence-corrected chi connectivity index (χ2v) is 11.6. The minimum atomic E-state index is -3.77. The first-order valence-corrected chi connectivity index (χ1v) is 12.9. The van der Waals surface area contributed by atoms with Gasteiger partial charge >= 0.3 is 6.09 Å². The summed E-state index contributed by atoms with van der Waals surface area (Å²) in [5.41, 5.74) is -1.10. The highest BCUT2D eigenvalue weighted by Gasteiger charge is 2.37. The van der Waals surface area contributed by atoms with E-state index in [1.165, 1.54) is 0 Å². The van der Waals surface area contributed by atoms with Crippen LogP contribution in [0, 0.1) is 11.6 Å². The third-order valence-corrected chi connectivity index (χ3v) is 6.88. The van der Waals surface area contributed by atoms with Crippen LogP contribution in [0.3, 0.4) is 0 Å². The van der Waals surface area contributed by atoms with Crippen molar-refractivity contribution in [3.63, 3.8) is 0 Å². The number of likely N-dealkylation sites (tertiary alicyclic amines) is 2. The van der Waals surface area contributed by atoms with Gasteiger partial charge in [0.1, 0.15) is 17.3 Å². The lowest BCUT2D eigenvalue weighted by atomic mass is 9.97. The number of nitrogens with zero attached hydrogens (tertiary/aromatic N) is 2. The van der Waals surface area contributed by atoms with Gasteiger partial charge in [-0.25, -0.2) is 22.0 Å². The molecule has 1 N–H and O–H groups in total. The van der Waals surface area contributed by atoms with Crippen LogP contribution in [0.5, 0.6) is 0 Å². The van der Waals surface area contributed by atoms with Gasteiger partial charge in [0.05, 0.1) is 4.90 Å². The lowest BCUT2D eigenvalue weighted by molar-refractivity contribution is -0.137. The summed E-state index contributed by atoms with van der Waals surface area (Å²) in [7, 11) is -3.77. The highest BCUT2D eigenvalue weighted by molar-refractivity contribution is 7.90. The fraction of sp³-hybridized carbons (Fsp3) is 0.636. The number of rotatable bonds is 4. The monoisotopic (exact) mass is 487 g/mol. The number of halogens is 2. The maximum atomic E-state index is 14.5. The van der Waals surface area contributed by atoms with Crippen molar-refractivity contribution in [2.24, 2.45) is 0 Å².